The van der Waals surface area contributed by atoms with Gasteiger partial charge in [0.25, 0.3) is 11.5 Å². The number of rotatable bonds is 4. The van der Waals surface area contributed by atoms with Crippen molar-refractivity contribution < 1.29 is 4.79 Å². The fraction of sp³-hybridized carbons (Fsp3) is 0.238. The second-order valence-electron chi connectivity index (χ2n) is 6.78. The molecular weight excluding hydrogens is 340 g/mol. The topological polar surface area (TPSA) is 70.1 Å². The average Bonchev–Trinajstić information content (AvgIpc) is 3.05. The molecule has 0 unspecified atom stereocenters. The number of nitrogens with one attached hydrogen (secondary N) is 2. The van der Waals surface area contributed by atoms with E-state index in [0.29, 0.717) is 12.1 Å². The summed E-state index contributed by atoms with van der Waals surface area (Å²) >= 11 is 0. The maximum absolute atomic E-state index is 12.8. The Kier molecular flexibility index (Phi) is 4.64. The number of carbonyl (C=O) groups excluding carboxylic acids is 1. The van der Waals surface area contributed by atoms with Gasteiger partial charge in [-0.15, -0.1) is 0 Å². The molecule has 6 heteroatoms. The molecule has 138 valence electrons. The zero-order valence-corrected chi connectivity index (χ0v) is 15.2. The highest BCUT2D eigenvalue weighted by Gasteiger charge is 2.23. The SMILES string of the molecule is CNC(=O)c1ccc(CN2CCc3[nH]n(-c4ccccc4)c(=O)c3C2)cc1. The number of aromatic amines is 1. The number of amides is 1. The van der Waals surface area contributed by atoms with Crippen molar-refractivity contribution >= 4 is 5.91 Å². The molecule has 27 heavy (non-hydrogen) atoms. The Morgan fingerprint density at radius 3 is 2.56 bits per heavy atom. The van der Waals surface area contributed by atoms with E-state index in [1.54, 1.807) is 11.7 Å². The molecule has 3 aromatic rings. The first-order valence-corrected chi connectivity index (χ1v) is 9.07. The molecule has 1 aliphatic rings. The zero-order valence-electron chi connectivity index (χ0n) is 15.2. The Labute approximate surface area is 157 Å². The predicted molar refractivity (Wildman–Crippen MR) is 104 cm³/mol. The van der Waals surface area contributed by atoms with Gasteiger partial charge in [-0.2, -0.15) is 0 Å². The number of para-hydroxylation sites is 1. The molecule has 0 atom stereocenters. The molecule has 0 saturated heterocycles. The highest BCUT2D eigenvalue weighted by molar-refractivity contribution is 5.93. The van der Waals surface area contributed by atoms with Crippen LogP contribution in [0.4, 0.5) is 0 Å². The van der Waals surface area contributed by atoms with Crippen LogP contribution in [0.3, 0.4) is 0 Å². The zero-order chi connectivity index (χ0) is 18.8. The first kappa shape index (κ1) is 17.3. The smallest absolute Gasteiger partial charge is 0.275 e. The summed E-state index contributed by atoms with van der Waals surface area (Å²) in [5.74, 6) is -0.0852. The van der Waals surface area contributed by atoms with Gasteiger partial charge < -0.3 is 5.32 Å². The molecular formula is C21H22N4O2. The number of carbonyl (C=O) groups is 1. The quantitative estimate of drug-likeness (QED) is 0.747. The first-order chi connectivity index (χ1) is 13.2. The Hall–Kier alpha value is -3.12. The van der Waals surface area contributed by atoms with Gasteiger partial charge in [0.2, 0.25) is 0 Å². The lowest BCUT2D eigenvalue weighted by Crippen LogP contribution is -2.32. The predicted octanol–water partition coefficient (Wildman–Crippen LogP) is 2.08. The highest BCUT2D eigenvalue weighted by Crippen LogP contribution is 2.18. The van der Waals surface area contributed by atoms with Crippen molar-refractivity contribution in [3.63, 3.8) is 0 Å². The summed E-state index contributed by atoms with van der Waals surface area (Å²) in [5.41, 5.74) is 4.52. The summed E-state index contributed by atoms with van der Waals surface area (Å²) in [6.07, 6.45) is 0.820. The molecule has 0 fully saturated rings. The van der Waals surface area contributed by atoms with Gasteiger partial charge in [-0.3, -0.25) is 19.6 Å². The minimum absolute atomic E-state index is 0.0239. The van der Waals surface area contributed by atoms with Crippen LogP contribution in [0.25, 0.3) is 5.69 Å². The van der Waals surface area contributed by atoms with Crippen molar-refractivity contribution in [1.29, 1.82) is 0 Å². The third kappa shape index (κ3) is 3.44. The first-order valence-electron chi connectivity index (χ1n) is 9.07. The number of H-pyrrole nitrogens is 1. The van der Waals surface area contributed by atoms with Crippen LogP contribution >= 0.6 is 0 Å². The summed E-state index contributed by atoms with van der Waals surface area (Å²) in [5, 5.41) is 5.89. The monoisotopic (exact) mass is 362 g/mol. The summed E-state index contributed by atoms with van der Waals surface area (Å²) in [6, 6.07) is 17.3. The van der Waals surface area contributed by atoms with Crippen LogP contribution in [0.1, 0.15) is 27.2 Å². The fourth-order valence-electron chi connectivity index (χ4n) is 3.52. The van der Waals surface area contributed by atoms with Crippen LogP contribution < -0.4 is 10.9 Å². The van der Waals surface area contributed by atoms with E-state index < -0.39 is 0 Å². The average molecular weight is 362 g/mol. The van der Waals surface area contributed by atoms with E-state index in [0.717, 1.165) is 42.0 Å². The van der Waals surface area contributed by atoms with Gasteiger partial charge in [-0.05, 0) is 29.8 Å². The molecule has 4 rings (SSSR count). The molecule has 1 aromatic heterocycles. The van der Waals surface area contributed by atoms with Crippen LogP contribution in [0.2, 0.25) is 0 Å². The molecule has 1 amide bonds. The second kappa shape index (κ2) is 7.25. The lowest BCUT2D eigenvalue weighted by atomic mass is 10.1. The van der Waals surface area contributed by atoms with Crippen molar-refractivity contribution in [2.45, 2.75) is 19.5 Å². The fourth-order valence-corrected chi connectivity index (χ4v) is 3.52. The van der Waals surface area contributed by atoms with Crippen molar-refractivity contribution in [3.8, 4) is 5.69 Å². The Morgan fingerprint density at radius 2 is 1.85 bits per heavy atom. The van der Waals surface area contributed by atoms with Gasteiger partial charge in [0.05, 0.1) is 11.3 Å². The molecule has 2 N–H and O–H groups in total. The van der Waals surface area contributed by atoms with Gasteiger partial charge in [-0.1, -0.05) is 30.3 Å². The highest BCUT2D eigenvalue weighted by atomic mass is 16.1. The minimum Gasteiger partial charge on any atom is -0.355 e. The Balaban J connectivity index is 1.51. The van der Waals surface area contributed by atoms with Crippen molar-refractivity contribution in [3.05, 3.63) is 87.3 Å². The minimum atomic E-state index is -0.0852. The number of aromatic nitrogens is 2. The molecule has 0 aliphatic carbocycles. The van der Waals surface area contributed by atoms with Crippen LogP contribution in [-0.2, 0) is 19.5 Å². The van der Waals surface area contributed by atoms with E-state index in [9.17, 15) is 9.59 Å². The molecule has 2 aromatic carbocycles. The number of hydrogen-bond acceptors (Lipinski definition) is 3. The molecule has 0 saturated carbocycles. The van der Waals surface area contributed by atoms with Crippen LogP contribution in [0.5, 0.6) is 0 Å². The maximum atomic E-state index is 12.8. The Morgan fingerprint density at radius 1 is 1.11 bits per heavy atom. The van der Waals surface area contributed by atoms with Gasteiger partial charge >= 0.3 is 0 Å². The number of benzene rings is 2. The molecule has 2 heterocycles. The largest absolute Gasteiger partial charge is 0.355 e. The van der Waals surface area contributed by atoms with E-state index in [1.807, 2.05) is 54.6 Å². The standard InChI is InChI=1S/C21H22N4O2/c1-22-20(26)16-9-7-15(8-10-16)13-24-12-11-19-18(14-24)21(27)25(23-19)17-5-3-2-4-6-17/h2-10,23H,11-14H2,1H3,(H,22,26). The third-order valence-electron chi connectivity index (χ3n) is 5.00. The molecule has 1 aliphatic heterocycles. The number of hydrogen-bond donors (Lipinski definition) is 2. The lowest BCUT2D eigenvalue weighted by molar-refractivity contribution is 0.0963. The second-order valence-corrected chi connectivity index (χ2v) is 6.78. The number of nitrogens with zero attached hydrogens (tertiary/aromatic N) is 2. The van der Waals surface area contributed by atoms with Gasteiger partial charge in [0.1, 0.15) is 0 Å². The van der Waals surface area contributed by atoms with Gasteiger partial charge in [0.15, 0.2) is 0 Å². The summed E-state index contributed by atoms with van der Waals surface area (Å²) in [4.78, 5) is 26.7. The van der Waals surface area contributed by atoms with E-state index in [2.05, 4.69) is 15.3 Å². The van der Waals surface area contributed by atoms with Crippen molar-refractivity contribution in [1.82, 2.24) is 20.0 Å². The lowest BCUT2D eigenvalue weighted by Gasteiger charge is -2.25. The summed E-state index contributed by atoms with van der Waals surface area (Å²) < 4.78 is 1.63. The normalized spacial score (nSPS) is 14.0. The van der Waals surface area contributed by atoms with Crippen LogP contribution in [0, 0.1) is 0 Å². The molecule has 0 radical (unpaired) electrons. The van der Waals surface area contributed by atoms with Gasteiger partial charge in [0, 0.05) is 44.4 Å². The maximum Gasteiger partial charge on any atom is 0.275 e. The molecule has 0 bridgehead atoms. The van der Waals surface area contributed by atoms with Gasteiger partial charge in [-0.25, -0.2) is 4.68 Å². The summed E-state index contributed by atoms with van der Waals surface area (Å²) in [7, 11) is 1.63. The van der Waals surface area contributed by atoms with E-state index in [4.69, 9.17) is 0 Å². The van der Waals surface area contributed by atoms with Crippen LogP contribution in [-0.4, -0.2) is 34.2 Å². The van der Waals surface area contributed by atoms with E-state index >= 15 is 0 Å². The third-order valence-corrected chi connectivity index (χ3v) is 5.00. The Bertz CT molecular complexity index is 1000. The molecule has 0 spiro atoms. The molecule has 6 nitrogen and oxygen atoms in total. The van der Waals surface area contributed by atoms with E-state index in [1.165, 1.54) is 0 Å². The van der Waals surface area contributed by atoms with E-state index in [-0.39, 0.29) is 11.5 Å². The van der Waals surface area contributed by atoms with Crippen molar-refractivity contribution in [2.24, 2.45) is 0 Å². The number of fused-ring (bicyclic) bond motifs is 1. The van der Waals surface area contributed by atoms with Crippen LogP contribution in [0.15, 0.2) is 59.4 Å². The van der Waals surface area contributed by atoms with Crippen molar-refractivity contribution in [2.75, 3.05) is 13.6 Å². The summed E-state index contributed by atoms with van der Waals surface area (Å²) in [6.45, 7) is 2.27.